The van der Waals surface area contributed by atoms with Crippen molar-refractivity contribution < 1.29 is 33.5 Å². The second-order valence-corrected chi connectivity index (χ2v) is 12.1. The van der Waals surface area contributed by atoms with E-state index in [2.05, 4.69) is 0 Å². The van der Waals surface area contributed by atoms with Crippen molar-refractivity contribution in [2.75, 3.05) is 38.8 Å². The van der Waals surface area contributed by atoms with Gasteiger partial charge in [-0.1, -0.05) is 0 Å². The third-order valence-corrected chi connectivity index (χ3v) is 9.22. The van der Waals surface area contributed by atoms with Crippen LogP contribution >= 0.6 is 0 Å². The molecule has 4 unspecified atom stereocenters. The molecule has 218 valence electrons. The second kappa shape index (κ2) is 9.33. The van der Waals surface area contributed by atoms with Crippen LogP contribution in [0.2, 0.25) is 0 Å². The molecular formula is C31H32N4O7. The average molecular weight is 573 g/mol. The fourth-order valence-corrected chi connectivity index (χ4v) is 7.35. The highest BCUT2D eigenvalue weighted by Gasteiger charge is 2.69. The molecule has 1 aromatic heterocycles. The highest BCUT2D eigenvalue weighted by molar-refractivity contribution is 6.33. The third-order valence-electron chi connectivity index (χ3n) is 9.22. The van der Waals surface area contributed by atoms with Crippen molar-refractivity contribution in [1.29, 1.82) is 0 Å². The molecule has 6 rings (SSSR count). The van der Waals surface area contributed by atoms with E-state index in [1.165, 1.54) is 4.90 Å². The van der Waals surface area contributed by atoms with E-state index in [0.717, 1.165) is 11.3 Å². The van der Waals surface area contributed by atoms with Gasteiger partial charge in [0.05, 0.1) is 17.5 Å². The highest BCUT2D eigenvalue weighted by atomic mass is 16.3. The van der Waals surface area contributed by atoms with Gasteiger partial charge in [-0.3, -0.25) is 28.9 Å². The summed E-state index contributed by atoms with van der Waals surface area (Å²) in [5, 5.41) is 12.5. The van der Waals surface area contributed by atoms with E-state index in [9.17, 15) is 29.1 Å². The van der Waals surface area contributed by atoms with Gasteiger partial charge >= 0.3 is 0 Å². The Bertz CT molecular complexity index is 1710. The van der Waals surface area contributed by atoms with E-state index < -0.39 is 64.4 Å². The lowest BCUT2D eigenvalue weighted by Gasteiger charge is -2.52. The van der Waals surface area contributed by atoms with Crippen LogP contribution in [0.3, 0.4) is 0 Å². The molecule has 0 bridgehead atoms. The molecule has 2 fully saturated rings. The number of hydrogen-bond donors (Lipinski definition) is 3. The minimum Gasteiger partial charge on any atom is -0.455 e. The first-order valence-corrected chi connectivity index (χ1v) is 13.7. The Kier molecular flexibility index (Phi) is 6.18. The number of benzene rings is 2. The summed E-state index contributed by atoms with van der Waals surface area (Å²) in [4.78, 5) is 70.9. The zero-order chi connectivity index (χ0) is 30.4. The van der Waals surface area contributed by atoms with Gasteiger partial charge in [-0.25, -0.2) is 0 Å². The molecule has 5 N–H and O–H groups in total. The van der Waals surface area contributed by atoms with E-state index >= 15 is 0 Å². The average Bonchev–Trinajstić information content (AvgIpc) is 3.34. The summed E-state index contributed by atoms with van der Waals surface area (Å²) in [6.45, 7) is 0. The van der Waals surface area contributed by atoms with Gasteiger partial charge in [-0.15, -0.1) is 0 Å². The van der Waals surface area contributed by atoms with Crippen LogP contribution in [0.25, 0.3) is 22.3 Å². The molecule has 3 aliphatic carbocycles. The van der Waals surface area contributed by atoms with Crippen LogP contribution in [0, 0.1) is 23.7 Å². The maximum absolute atomic E-state index is 14.4. The van der Waals surface area contributed by atoms with Gasteiger partial charge < -0.3 is 25.9 Å². The number of carbonyl (C=O) groups is 5. The first kappa shape index (κ1) is 27.8. The standard InChI is InChI=1S/C31H32N4O7/c1-34(2)19-11-15-12-20(13-5-7-16(32)8-6-13)42-27(15)22-17(19)9-14-10-18-24(35(3)4)26(37)23(30(33)40)29(39)31(18,41)28(38)21(14)25(22)36/h5-8,11-12,14,18,21,23-24,41H,9-10,32H2,1-4H3,(H2,33,40)/t14?,18?,21?,23?,24-,31-/m0/s1. The quantitative estimate of drug-likeness (QED) is 0.304. The largest absolute Gasteiger partial charge is 0.455 e. The molecule has 11 nitrogen and oxygen atoms in total. The zero-order valence-electron chi connectivity index (χ0n) is 23.7. The maximum atomic E-state index is 14.4. The van der Waals surface area contributed by atoms with Gasteiger partial charge in [0.1, 0.15) is 11.3 Å². The number of furan rings is 1. The normalized spacial score (nSPS) is 29.0. The van der Waals surface area contributed by atoms with Crippen molar-refractivity contribution >= 4 is 51.4 Å². The van der Waals surface area contributed by atoms with Crippen molar-refractivity contribution in [3.05, 3.63) is 47.5 Å². The van der Waals surface area contributed by atoms with Crippen LogP contribution in [-0.2, 0) is 25.6 Å². The molecule has 2 aromatic carbocycles. The number of carbonyl (C=O) groups excluding carboxylic acids is 5. The molecule has 11 heteroatoms. The summed E-state index contributed by atoms with van der Waals surface area (Å²) < 4.78 is 6.24. The molecule has 3 aliphatic rings. The third kappa shape index (κ3) is 3.69. The molecule has 0 aliphatic heterocycles. The van der Waals surface area contributed by atoms with E-state index in [0.29, 0.717) is 28.0 Å². The minimum absolute atomic E-state index is 0.0453. The number of amides is 1. The van der Waals surface area contributed by atoms with Gasteiger partial charge in [0.25, 0.3) is 0 Å². The van der Waals surface area contributed by atoms with Crippen LogP contribution < -0.4 is 16.4 Å². The minimum atomic E-state index is -2.71. The number of fused-ring (bicyclic) bond motifs is 5. The Balaban J connectivity index is 1.52. The number of likely N-dealkylation sites (N-methyl/N-ethyl adjacent to an activating group) is 1. The number of Topliss-reactive ketones (excluding diaryl/α,β-unsaturated/α-hetero) is 4. The Morgan fingerprint density at radius 1 is 1.02 bits per heavy atom. The summed E-state index contributed by atoms with van der Waals surface area (Å²) in [6.07, 6.45) is 0.330. The highest BCUT2D eigenvalue weighted by Crippen LogP contribution is 2.52. The maximum Gasteiger partial charge on any atom is 0.235 e. The number of rotatable bonds is 4. The van der Waals surface area contributed by atoms with E-state index in [1.54, 1.807) is 38.4 Å². The number of nitrogens with two attached hydrogens (primary N) is 2. The summed E-state index contributed by atoms with van der Waals surface area (Å²) in [6, 6.07) is 9.71. The number of nitrogens with zero attached hydrogens (tertiary/aromatic N) is 2. The van der Waals surface area contributed by atoms with Gasteiger partial charge in [-0.2, -0.15) is 0 Å². The molecule has 0 spiro atoms. The van der Waals surface area contributed by atoms with Crippen molar-refractivity contribution in [3.8, 4) is 11.3 Å². The van der Waals surface area contributed by atoms with Crippen LogP contribution in [0.15, 0.2) is 40.8 Å². The summed E-state index contributed by atoms with van der Waals surface area (Å²) in [5.41, 5.74) is 11.9. The molecule has 6 atom stereocenters. The second-order valence-electron chi connectivity index (χ2n) is 12.1. The van der Waals surface area contributed by atoms with Crippen molar-refractivity contribution in [2.24, 2.45) is 29.4 Å². The molecule has 0 radical (unpaired) electrons. The molecule has 42 heavy (non-hydrogen) atoms. The summed E-state index contributed by atoms with van der Waals surface area (Å²) in [7, 11) is 6.86. The fraction of sp³-hybridized carbons (Fsp3) is 0.387. The summed E-state index contributed by atoms with van der Waals surface area (Å²) in [5.74, 6) is -9.36. The number of primary amides is 1. The van der Waals surface area contributed by atoms with Crippen LogP contribution in [0.1, 0.15) is 22.3 Å². The first-order chi connectivity index (χ1) is 19.8. The zero-order valence-corrected chi connectivity index (χ0v) is 23.7. The Labute approximate surface area is 241 Å². The molecular weight excluding hydrogens is 540 g/mol. The van der Waals surface area contributed by atoms with Crippen LogP contribution in [0.4, 0.5) is 11.4 Å². The van der Waals surface area contributed by atoms with Gasteiger partial charge in [0, 0.05) is 42.3 Å². The van der Waals surface area contributed by atoms with Crippen LogP contribution in [-0.4, -0.2) is 78.9 Å². The smallest absolute Gasteiger partial charge is 0.235 e. The number of anilines is 2. The van der Waals surface area contributed by atoms with Crippen molar-refractivity contribution in [3.63, 3.8) is 0 Å². The topological polar surface area (TPSA) is 177 Å². The molecule has 1 heterocycles. The number of hydrogen-bond acceptors (Lipinski definition) is 10. The lowest BCUT2D eigenvalue weighted by Crippen LogP contribution is -2.74. The lowest BCUT2D eigenvalue weighted by atomic mass is 9.52. The van der Waals surface area contributed by atoms with Crippen LogP contribution in [0.5, 0.6) is 0 Å². The monoisotopic (exact) mass is 572 g/mol. The number of aliphatic hydroxyl groups is 1. The van der Waals surface area contributed by atoms with Crippen molar-refractivity contribution in [1.82, 2.24) is 4.90 Å². The fourth-order valence-electron chi connectivity index (χ4n) is 7.35. The predicted molar refractivity (Wildman–Crippen MR) is 154 cm³/mol. The SMILES string of the molecule is CN(C)c1cc2cc(-c3ccc(N)cc3)oc2c2c1CC1CC3[C@H](N(C)C)C(=O)C(C(N)=O)C(=O)[C@@]3(O)C(=O)C1C2=O. The van der Waals surface area contributed by atoms with E-state index in [1.807, 2.05) is 31.1 Å². The first-order valence-electron chi connectivity index (χ1n) is 13.7. The predicted octanol–water partition coefficient (Wildman–Crippen LogP) is 1.22. The van der Waals surface area contributed by atoms with Gasteiger partial charge in [-0.05, 0) is 74.8 Å². The van der Waals surface area contributed by atoms with E-state index in [-0.39, 0.29) is 18.4 Å². The number of ketones is 4. The molecule has 3 aromatic rings. The molecule has 2 saturated carbocycles. The summed E-state index contributed by atoms with van der Waals surface area (Å²) >= 11 is 0. The van der Waals surface area contributed by atoms with E-state index in [4.69, 9.17) is 15.9 Å². The molecule has 1 amide bonds. The van der Waals surface area contributed by atoms with Gasteiger partial charge in [0.2, 0.25) is 5.91 Å². The Hall–Kier alpha value is -4.35. The Morgan fingerprint density at radius 2 is 1.69 bits per heavy atom. The van der Waals surface area contributed by atoms with Crippen molar-refractivity contribution in [2.45, 2.75) is 24.5 Å². The van der Waals surface area contributed by atoms with Gasteiger partial charge in [0.15, 0.2) is 34.7 Å². The lowest BCUT2D eigenvalue weighted by molar-refractivity contribution is -0.181. The number of nitrogen functional groups attached to an aromatic ring is 1. The molecule has 0 saturated heterocycles. The Morgan fingerprint density at radius 3 is 2.29 bits per heavy atom.